The zero-order valence-electron chi connectivity index (χ0n) is 17.2. The number of phenolic OH excluding ortho intramolecular Hbond substituents is 1. The first-order chi connectivity index (χ1) is 15.4. The van der Waals surface area contributed by atoms with Crippen LogP contribution in [-0.2, 0) is 27.2 Å². The van der Waals surface area contributed by atoms with E-state index in [0.717, 1.165) is 16.3 Å². The second kappa shape index (κ2) is 10.4. The maximum absolute atomic E-state index is 12.5. The molecule has 2 amide bonds. The van der Waals surface area contributed by atoms with Gasteiger partial charge in [0, 0.05) is 6.42 Å². The molecule has 166 valence electrons. The number of benzene rings is 3. The van der Waals surface area contributed by atoms with E-state index in [9.17, 15) is 29.7 Å². The Kier molecular flexibility index (Phi) is 7.41. The second-order valence-electron chi connectivity index (χ2n) is 7.39. The minimum absolute atomic E-state index is 0.000993. The van der Waals surface area contributed by atoms with Gasteiger partial charge in [-0.25, -0.2) is 4.79 Å². The summed E-state index contributed by atoms with van der Waals surface area (Å²) in [6.07, 6.45) is -0.0234. The number of nitrogens with one attached hydrogen (secondary N) is 2. The number of carboxylic acids is 1. The lowest BCUT2D eigenvalue weighted by Crippen LogP contribution is -2.53. The van der Waals surface area contributed by atoms with Gasteiger partial charge in [-0.3, -0.25) is 9.59 Å². The van der Waals surface area contributed by atoms with Gasteiger partial charge < -0.3 is 26.0 Å². The van der Waals surface area contributed by atoms with Crippen molar-refractivity contribution < 1.29 is 29.7 Å². The molecule has 0 heterocycles. The fourth-order valence-corrected chi connectivity index (χ4v) is 3.40. The number of phenols is 1. The summed E-state index contributed by atoms with van der Waals surface area (Å²) < 4.78 is 0. The van der Waals surface area contributed by atoms with Crippen molar-refractivity contribution in [3.8, 4) is 5.75 Å². The zero-order chi connectivity index (χ0) is 23.1. The molecule has 8 heteroatoms. The number of aliphatic hydroxyl groups is 1. The molecule has 0 unspecified atom stereocenters. The quantitative estimate of drug-likeness (QED) is 0.344. The number of amides is 2. The van der Waals surface area contributed by atoms with E-state index in [1.807, 2.05) is 42.5 Å². The van der Waals surface area contributed by atoms with Crippen molar-refractivity contribution in [3.63, 3.8) is 0 Å². The largest absolute Gasteiger partial charge is 0.508 e. The number of aliphatic carboxylic acids is 1. The van der Waals surface area contributed by atoms with Crippen LogP contribution in [0.15, 0.2) is 66.7 Å². The van der Waals surface area contributed by atoms with Crippen LogP contribution in [0.5, 0.6) is 5.75 Å². The summed E-state index contributed by atoms with van der Waals surface area (Å²) in [6.45, 7) is -0.682. The Morgan fingerprint density at radius 2 is 1.53 bits per heavy atom. The molecule has 0 bridgehead atoms. The minimum atomic E-state index is -1.29. The highest BCUT2D eigenvalue weighted by molar-refractivity contribution is 5.93. The van der Waals surface area contributed by atoms with Gasteiger partial charge >= 0.3 is 5.97 Å². The SMILES string of the molecule is O=C(Cc1cccc2ccccc12)N[C@@H](CO)C(=O)N[C@@H](Cc1ccc(O)cc1)C(=O)O. The Morgan fingerprint density at radius 3 is 2.22 bits per heavy atom. The molecule has 0 radical (unpaired) electrons. The van der Waals surface area contributed by atoms with Gasteiger partial charge in [0.15, 0.2) is 0 Å². The monoisotopic (exact) mass is 436 g/mol. The fraction of sp³-hybridized carbons (Fsp3) is 0.208. The Hall–Kier alpha value is -3.91. The van der Waals surface area contributed by atoms with E-state index in [4.69, 9.17) is 0 Å². The summed E-state index contributed by atoms with van der Waals surface area (Å²) in [4.78, 5) is 36.7. The van der Waals surface area contributed by atoms with E-state index in [1.54, 1.807) is 12.1 Å². The van der Waals surface area contributed by atoms with Crippen LogP contribution in [0.1, 0.15) is 11.1 Å². The molecule has 0 aromatic heterocycles. The number of carbonyl (C=O) groups excluding carboxylic acids is 2. The molecular weight excluding hydrogens is 412 g/mol. The Labute approximate surface area is 184 Å². The normalized spacial score (nSPS) is 12.7. The summed E-state index contributed by atoms with van der Waals surface area (Å²) >= 11 is 0. The third kappa shape index (κ3) is 5.83. The molecule has 8 nitrogen and oxygen atoms in total. The molecule has 0 aliphatic carbocycles. The number of fused-ring (bicyclic) bond motifs is 1. The molecule has 3 rings (SSSR count). The van der Waals surface area contributed by atoms with Gasteiger partial charge in [0.25, 0.3) is 0 Å². The summed E-state index contributed by atoms with van der Waals surface area (Å²) in [5.74, 6) is -2.49. The number of hydrogen-bond acceptors (Lipinski definition) is 5. The molecule has 0 aliphatic rings. The van der Waals surface area contributed by atoms with Crippen LogP contribution in [0.2, 0.25) is 0 Å². The Bertz CT molecular complexity index is 1110. The van der Waals surface area contributed by atoms with Crippen molar-refractivity contribution >= 4 is 28.6 Å². The highest BCUT2D eigenvalue weighted by atomic mass is 16.4. The predicted molar refractivity (Wildman–Crippen MR) is 118 cm³/mol. The van der Waals surface area contributed by atoms with Gasteiger partial charge in [0.1, 0.15) is 17.8 Å². The molecule has 3 aromatic rings. The van der Waals surface area contributed by atoms with Gasteiger partial charge in [-0.05, 0) is 34.0 Å². The van der Waals surface area contributed by atoms with E-state index < -0.39 is 36.5 Å². The maximum atomic E-state index is 12.5. The highest BCUT2D eigenvalue weighted by Crippen LogP contribution is 2.19. The molecule has 32 heavy (non-hydrogen) atoms. The van der Waals surface area contributed by atoms with Gasteiger partial charge in [0.05, 0.1) is 13.0 Å². The lowest BCUT2D eigenvalue weighted by molar-refractivity contribution is -0.142. The van der Waals surface area contributed by atoms with Crippen molar-refractivity contribution in [3.05, 3.63) is 77.9 Å². The Balaban J connectivity index is 1.64. The van der Waals surface area contributed by atoms with Crippen LogP contribution >= 0.6 is 0 Å². The Morgan fingerprint density at radius 1 is 0.844 bits per heavy atom. The number of carbonyl (C=O) groups is 3. The van der Waals surface area contributed by atoms with Crippen molar-refractivity contribution in [2.75, 3.05) is 6.61 Å². The van der Waals surface area contributed by atoms with Crippen LogP contribution in [0.3, 0.4) is 0 Å². The lowest BCUT2D eigenvalue weighted by atomic mass is 10.0. The third-order valence-electron chi connectivity index (χ3n) is 5.06. The zero-order valence-corrected chi connectivity index (χ0v) is 17.2. The van der Waals surface area contributed by atoms with E-state index in [-0.39, 0.29) is 18.6 Å². The van der Waals surface area contributed by atoms with Crippen LogP contribution in [-0.4, -0.2) is 51.8 Å². The van der Waals surface area contributed by atoms with Crippen molar-refractivity contribution in [1.29, 1.82) is 0 Å². The van der Waals surface area contributed by atoms with E-state index in [1.165, 1.54) is 12.1 Å². The summed E-state index contributed by atoms with van der Waals surface area (Å²) in [6, 6.07) is 16.5. The summed E-state index contributed by atoms with van der Waals surface area (Å²) in [5.41, 5.74) is 1.37. The van der Waals surface area contributed by atoms with Crippen LogP contribution in [0.4, 0.5) is 0 Å². The average Bonchev–Trinajstić information content (AvgIpc) is 2.78. The van der Waals surface area contributed by atoms with E-state index in [2.05, 4.69) is 10.6 Å². The van der Waals surface area contributed by atoms with Gasteiger partial charge in [0.2, 0.25) is 11.8 Å². The number of rotatable bonds is 9. The van der Waals surface area contributed by atoms with Gasteiger partial charge in [-0.15, -0.1) is 0 Å². The third-order valence-corrected chi connectivity index (χ3v) is 5.06. The molecule has 5 N–H and O–H groups in total. The number of aliphatic hydroxyl groups excluding tert-OH is 1. The van der Waals surface area contributed by atoms with Crippen molar-refractivity contribution in [1.82, 2.24) is 10.6 Å². The van der Waals surface area contributed by atoms with Crippen LogP contribution in [0.25, 0.3) is 10.8 Å². The summed E-state index contributed by atoms with van der Waals surface area (Å²) in [5, 5.41) is 35.1. The first-order valence-corrected chi connectivity index (χ1v) is 10.1. The molecule has 0 saturated carbocycles. The maximum Gasteiger partial charge on any atom is 0.326 e. The topological polar surface area (TPSA) is 136 Å². The van der Waals surface area contributed by atoms with E-state index in [0.29, 0.717) is 5.56 Å². The average molecular weight is 436 g/mol. The lowest BCUT2D eigenvalue weighted by Gasteiger charge is -2.20. The molecule has 0 spiro atoms. The fourth-order valence-electron chi connectivity index (χ4n) is 3.40. The molecule has 3 aromatic carbocycles. The molecule has 2 atom stereocenters. The number of carboxylic acid groups (broad SMARTS) is 1. The summed E-state index contributed by atoms with van der Waals surface area (Å²) in [7, 11) is 0. The molecule has 0 fully saturated rings. The standard InChI is InChI=1S/C24H24N2O6/c27-14-21(23(30)26-20(24(31)32)12-15-8-10-18(28)11-9-15)25-22(29)13-17-6-3-5-16-4-1-2-7-19(16)17/h1-11,20-21,27-28H,12-14H2,(H,25,29)(H,26,30)(H,31,32)/t20-,21-/m0/s1. The number of hydrogen-bond donors (Lipinski definition) is 5. The molecule has 0 aliphatic heterocycles. The first-order valence-electron chi connectivity index (χ1n) is 10.1. The molecular formula is C24H24N2O6. The van der Waals surface area contributed by atoms with Gasteiger partial charge in [-0.1, -0.05) is 54.6 Å². The minimum Gasteiger partial charge on any atom is -0.508 e. The number of aromatic hydroxyl groups is 1. The first kappa shape index (κ1) is 22.8. The van der Waals surface area contributed by atoms with Crippen LogP contribution in [0, 0.1) is 0 Å². The second-order valence-corrected chi connectivity index (χ2v) is 7.39. The smallest absolute Gasteiger partial charge is 0.326 e. The van der Waals surface area contributed by atoms with E-state index >= 15 is 0 Å². The van der Waals surface area contributed by atoms with Crippen molar-refractivity contribution in [2.45, 2.75) is 24.9 Å². The van der Waals surface area contributed by atoms with Gasteiger partial charge in [-0.2, -0.15) is 0 Å². The molecule has 0 saturated heterocycles. The van der Waals surface area contributed by atoms with Crippen molar-refractivity contribution in [2.24, 2.45) is 0 Å². The van der Waals surface area contributed by atoms with Crippen LogP contribution < -0.4 is 10.6 Å². The highest BCUT2D eigenvalue weighted by Gasteiger charge is 2.26. The predicted octanol–water partition coefficient (Wildman–Crippen LogP) is 1.38.